The van der Waals surface area contributed by atoms with Gasteiger partial charge in [0.15, 0.2) is 5.13 Å². The molecule has 23 heavy (non-hydrogen) atoms. The standard InChI is InChI=1S/C17H14N2O3S/c1-11(20)22-15-8-2-12(3-9-15)16-10-23-17(19-16)18-13-4-6-14(21)7-5-13/h2-10,21H,1H3,(H,18,19). The van der Waals surface area contributed by atoms with Gasteiger partial charge in [0, 0.05) is 23.6 Å². The molecule has 0 radical (unpaired) electrons. The summed E-state index contributed by atoms with van der Waals surface area (Å²) in [6.45, 7) is 1.37. The maximum atomic E-state index is 10.9. The van der Waals surface area contributed by atoms with Gasteiger partial charge in [0.2, 0.25) is 0 Å². The van der Waals surface area contributed by atoms with Gasteiger partial charge in [-0.1, -0.05) is 0 Å². The molecule has 3 aromatic rings. The van der Waals surface area contributed by atoms with E-state index in [1.54, 1.807) is 36.4 Å². The number of anilines is 2. The van der Waals surface area contributed by atoms with Gasteiger partial charge in [0.1, 0.15) is 11.5 Å². The second kappa shape index (κ2) is 6.50. The van der Waals surface area contributed by atoms with E-state index in [1.165, 1.54) is 18.3 Å². The first-order chi connectivity index (χ1) is 11.1. The summed E-state index contributed by atoms with van der Waals surface area (Å²) in [6, 6.07) is 14.0. The number of phenols is 1. The summed E-state index contributed by atoms with van der Waals surface area (Å²) in [7, 11) is 0. The maximum absolute atomic E-state index is 10.9. The zero-order valence-electron chi connectivity index (χ0n) is 12.3. The summed E-state index contributed by atoms with van der Waals surface area (Å²) in [4.78, 5) is 15.4. The average Bonchev–Trinajstić information content (AvgIpc) is 2.98. The van der Waals surface area contributed by atoms with E-state index < -0.39 is 0 Å². The van der Waals surface area contributed by atoms with Gasteiger partial charge in [-0.3, -0.25) is 4.79 Å². The van der Waals surface area contributed by atoms with Crippen molar-refractivity contribution < 1.29 is 14.6 Å². The van der Waals surface area contributed by atoms with Crippen molar-refractivity contribution >= 4 is 28.1 Å². The van der Waals surface area contributed by atoms with Gasteiger partial charge >= 0.3 is 5.97 Å². The molecule has 1 heterocycles. The fourth-order valence-corrected chi connectivity index (χ4v) is 2.73. The van der Waals surface area contributed by atoms with Crippen molar-refractivity contribution in [3.05, 3.63) is 53.9 Å². The molecule has 0 aliphatic carbocycles. The number of hydrogen-bond acceptors (Lipinski definition) is 6. The second-order valence-corrected chi connectivity index (χ2v) is 5.69. The fraction of sp³-hybridized carbons (Fsp3) is 0.0588. The highest BCUT2D eigenvalue weighted by atomic mass is 32.1. The summed E-state index contributed by atoms with van der Waals surface area (Å²) in [5.41, 5.74) is 2.63. The lowest BCUT2D eigenvalue weighted by Crippen LogP contribution is -2.00. The molecule has 5 nitrogen and oxygen atoms in total. The molecule has 2 N–H and O–H groups in total. The molecule has 0 amide bonds. The van der Waals surface area contributed by atoms with Crippen molar-refractivity contribution in [2.45, 2.75) is 6.92 Å². The van der Waals surface area contributed by atoms with Crippen LogP contribution in [0.1, 0.15) is 6.92 Å². The number of nitrogens with one attached hydrogen (secondary N) is 1. The molecule has 0 aliphatic heterocycles. The number of benzene rings is 2. The smallest absolute Gasteiger partial charge is 0.308 e. The van der Waals surface area contributed by atoms with Gasteiger partial charge in [-0.05, 0) is 48.5 Å². The minimum atomic E-state index is -0.341. The van der Waals surface area contributed by atoms with Gasteiger partial charge in [0.25, 0.3) is 0 Å². The largest absolute Gasteiger partial charge is 0.508 e. The third kappa shape index (κ3) is 3.87. The molecular weight excluding hydrogens is 312 g/mol. The van der Waals surface area contributed by atoms with E-state index in [4.69, 9.17) is 4.74 Å². The van der Waals surface area contributed by atoms with Crippen LogP contribution in [0.15, 0.2) is 53.9 Å². The van der Waals surface area contributed by atoms with E-state index in [-0.39, 0.29) is 11.7 Å². The van der Waals surface area contributed by atoms with E-state index >= 15 is 0 Å². The number of ether oxygens (including phenoxy) is 1. The van der Waals surface area contributed by atoms with Crippen LogP contribution >= 0.6 is 11.3 Å². The number of esters is 1. The number of hydrogen-bond donors (Lipinski definition) is 2. The molecule has 0 fully saturated rings. The van der Waals surface area contributed by atoms with E-state index in [1.807, 2.05) is 17.5 Å². The Morgan fingerprint density at radius 3 is 2.48 bits per heavy atom. The van der Waals surface area contributed by atoms with Crippen LogP contribution in [-0.2, 0) is 4.79 Å². The molecule has 0 saturated carbocycles. The molecule has 3 rings (SSSR count). The average molecular weight is 326 g/mol. The molecule has 0 aliphatic rings. The Morgan fingerprint density at radius 1 is 1.13 bits per heavy atom. The van der Waals surface area contributed by atoms with Crippen molar-refractivity contribution in [2.75, 3.05) is 5.32 Å². The SMILES string of the molecule is CC(=O)Oc1ccc(-c2csc(Nc3ccc(O)cc3)n2)cc1. The number of carbonyl (C=O) groups excluding carboxylic acids is 1. The van der Waals surface area contributed by atoms with Gasteiger partial charge < -0.3 is 15.2 Å². The quantitative estimate of drug-likeness (QED) is 0.427. The highest BCUT2D eigenvalue weighted by Crippen LogP contribution is 2.28. The van der Waals surface area contributed by atoms with Gasteiger partial charge in [-0.15, -0.1) is 11.3 Å². The third-order valence-electron chi connectivity index (χ3n) is 3.03. The molecule has 0 bridgehead atoms. The number of thiazole rings is 1. The number of aromatic hydroxyl groups is 1. The molecule has 0 saturated heterocycles. The summed E-state index contributed by atoms with van der Waals surface area (Å²) >= 11 is 1.49. The first-order valence-corrected chi connectivity index (χ1v) is 7.78. The van der Waals surface area contributed by atoms with E-state index in [0.29, 0.717) is 5.75 Å². The Morgan fingerprint density at radius 2 is 1.83 bits per heavy atom. The Balaban J connectivity index is 1.73. The van der Waals surface area contributed by atoms with E-state index in [9.17, 15) is 9.90 Å². The van der Waals surface area contributed by atoms with Crippen LogP contribution < -0.4 is 10.1 Å². The Labute approximate surface area is 137 Å². The van der Waals surface area contributed by atoms with Crippen molar-refractivity contribution in [1.29, 1.82) is 0 Å². The summed E-state index contributed by atoms with van der Waals surface area (Å²) < 4.78 is 5.01. The predicted molar refractivity (Wildman–Crippen MR) is 90.2 cm³/mol. The minimum Gasteiger partial charge on any atom is -0.508 e. The number of carbonyl (C=O) groups is 1. The van der Waals surface area contributed by atoms with Crippen LogP contribution in [0.25, 0.3) is 11.3 Å². The lowest BCUT2D eigenvalue weighted by molar-refractivity contribution is -0.131. The van der Waals surface area contributed by atoms with Crippen LogP contribution in [0.3, 0.4) is 0 Å². The zero-order valence-corrected chi connectivity index (χ0v) is 13.1. The van der Waals surface area contributed by atoms with Gasteiger partial charge in [-0.2, -0.15) is 0 Å². The van der Waals surface area contributed by atoms with Crippen LogP contribution in [0.4, 0.5) is 10.8 Å². The first-order valence-electron chi connectivity index (χ1n) is 6.90. The van der Waals surface area contributed by atoms with E-state index in [2.05, 4.69) is 10.3 Å². The molecule has 2 aromatic carbocycles. The fourth-order valence-electron chi connectivity index (χ4n) is 1.99. The molecule has 0 unspecified atom stereocenters. The van der Waals surface area contributed by atoms with Crippen LogP contribution in [0, 0.1) is 0 Å². The summed E-state index contributed by atoms with van der Waals surface area (Å²) in [5.74, 6) is 0.397. The number of aromatic nitrogens is 1. The van der Waals surface area contributed by atoms with E-state index in [0.717, 1.165) is 22.1 Å². The number of nitrogens with zero attached hydrogens (tertiary/aromatic N) is 1. The summed E-state index contributed by atoms with van der Waals surface area (Å²) in [5, 5.41) is 15.2. The van der Waals surface area contributed by atoms with Crippen LogP contribution in [0.2, 0.25) is 0 Å². The molecule has 0 spiro atoms. The van der Waals surface area contributed by atoms with Gasteiger partial charge in [-0.25, -0.2) is 4.98 Å². The maximum Gasteiger partial charge on any atom is 0.308 e. The van der Waals surface area contributed by atoms with Crippen molar-refractivity contribution in [3.8, 4) is 22.8 Å². The molecule has 0 atom stereocenters. The van der Waals surface area contributed by atoms with Crippen molar-refractivity contribution in [1.82, 2.24) is 4.98 Å². The molecule has 6 heteroatoms. The lowest BCUT2D eigenvalue weighted by Gasteiger charge is -2.03. The molecular formula is C17H14N2O3S. The number of phenolic OH excluding ortho intramolecular Hbond substituents is 1. The van der Waals surface area contributed by atoms with Gasteiger partial charge in [0.05, 0.1) is 5.69 Å². The van der Waals surface area contributed by atoms with Crippen LogP contribution in [0.5, 0.6) is 11.5 Å². The normalized spacial score (nSPS) is 10.3. The topological polar surface area (TPSA) is 71.5 Å². The zero-order chi connectivity index (χ0) is 16.2. The third-order valence-corrected chi connectivity index (χ3v) is 3.79. The summed E-state index contributed by atoms with van der Waals surface area (Å²) in [6.07, 6.45) is 0. The molecule has 116 valence electrons. The second-order valence-electron chi connectivity index (χ2n) is 4.83. The van der Waals surface area contributed by atoms with Crippen molar-refractivity contribution in [2.24, 2.45) is 0 Å². The molecule has 1 aromatic heterocycles. The number of rotatable bonds is 4. The Hall–Kier alpha value is -2.86. The highest BCUT2D eigenvalue weighted by molar-refractivity contribution is 7.14. The Kier molecular flexibility index (Phi) is 4.25. The monoisotopic (exact) mass is 326 g/mol. The lowest BCUT2D eigenvalue weighted by atomic mass is 10.2. The van der Waals surface area contributed by atoms with Crippen molar-refractivity contribution in [3.63, 3.8) is 0 Å². The predicted octanol–water partition coefficient (Wildman–Crippen LogP) is 4.18. The highest BCUT2D eigenvalue weighted by Gasteiger charge is 2.06. The first kappa shape index (κ1) is 15.1. The van der Waals surface area contributed by atoms with Crippen LogP contribution in [-0.4, -0.2) is 16.1 Å². The minimum absolute atomic E-state index is 0.225. The Bertz CT molecular complexity index is 811.